The van der Waals surface area contributed by atoms with Gasteiger partial charge in [0, 0.05) is 19.3 Å². The number of rotatable bonds is 0. The van der Waals surface area contributed by atoms with Crippen LogP contribution in [0.15, 0.2) is 36.4 Å². The molecule has 0 fully saturated rings. The first-order chi connectivity index (χ1) is 9.13. The van der Waals surface area contributed by atoms with Gasteiger partial charge in [-0.2, -0.15) is 0 Å². The summed E-state index contributed by atoms with van der Waals surface area (Å²) in [6, 6.07) is 9.46. The molecule has 0 amide bonds. The van der Waals surface area contributed by atoms with Gasteiger partial charge in [-0.15, -0.1) is 0 Å². The summed E-state index contributed by atoms with van der Waals surface area (Å²) in [5.41, 5.74) is 3.65. The summed E-state index contributed by atoms with van der Waals surface area (Å²) in [7, 11) is 1.88. The lowest BCUT2D eigenvalue weighted by Crippen LogP contribution is -2.19. The minimum Gasteiger partial charge on any atom is -0.370 e. The number of hydrogen-bond acceptors (Lipinski definition) is 1. The van der Waals surface area contributed by atoms with Crippen LogP contribution >= 0.6 is 0 Å². The average molecular weight is 257 g/mol. The summed E-state index contributed by atoms with van der Waals surface area (Å²) in [5, 5.41) is 0. The first kappa shape index (κ1) is 11.9. The first-order valence-corrected chi connectivity index (χ1v) is 6.11. The van der Waals surface area contributed by atoms with Crippen molar-refractivity contribution >= 4 is 17.8 Å². The van der Waals surface area contributed by atoms with Crippen molar-refractivity contribution < 1.29 is 8.78 Å². The molecule has 0 unspecified atom stereocenters. The van der Waals surface area contributed by atoms with Crippen LogP contribution in [-0.2, 0) is 6.54 Å². The predicted octanol–water partition coefficient (Wildman–Crippen LogP) is 4.09. The summed E-state index contributed by atoms with van der Waals surface area (Å²) in [6.45, 7) is 0.549. The van der Waals surface area contributed by atoms with Gasteiger partial charge < -0.3 is 4.90 Å². The molecule has 0 N–H and O–H groups in total. The van der Waals surface area contributed by atoms with E-state index in [9.17, 15) is 8.78 Å². The number of nitrogens with zero attached hydrogens (tertiary/aromatic N) is 1. The van der Waals surface area contributed by atoms with Gasteiger partial charge in [0.15, 0.2) is 0 Å². The van der Waals surface area contributed by atoms with E-state index in [4.69, 9.17) is 0 Å². The van der Waals surface area contributed by atoms with Crippen molar-refractivity contribution in [3.8, 4) is 0 Å². The Morgan fingerprint density at radius 1 is 0.895 bits per heavy atom. The van der Waals surface area contributed by atoms with Gasteiger partial charge in [-0.1, -0.05) is 18.2 Å². The summed E-state index contributed by atoms with van der Waals surface area (Å²) < 4.78 is 26.7. The van der Waals surface area contributed by atoms with Crippen molar-refractivity contribution in [2.45, 2.75) is 6.54 Å². The highest BCUT2D eigenvalue weighted by Gasteiger charge is 2.13. The molecule has 3 heteroatoms. The summed E-state index contributed by atoms with van der Waals surface area (Å²) in [6.07, 6.45) is 3.87. The Bertz CT molecular complexity index is 662. The molecule has 0 bridgehead atoms. The van der Waals surface area contributed by atoms with Gasteiger partial charge in [-0.3, -0.25) is 0 Å². The average Bonchev–Trinajstić information content (AvgIpc) is 2.37. The fourth-order valence-electron chi connectivity index (χ4n) is 2.38. The molecule has 1 nitrogen and oxygen atoms in total. The Balaban J connectivity index is 2.15. The molecule has 1 aliphatic rings. The highest BCUT2D eigenvalue weighted by molar-refractivity contribution is 5.79. The smallest absolute Gasteiger partial charge is 0.125 e. The van der Waals surface area contributed by atoms with Crippen molar-refractivity contribution in [2.24, 2.45) is 0 Å². The number of benzene rings is 2. The van der Waals surface area contributed by atoms with E-state index in [0.717, 1.165) is 22.4 Å². The zero-order valence-electron chi connectivity index (χ0n) is 10.5. The maximum Gasteiger partial charge on any atom is 0.125 e. The predicted molar refractivity (Wildman–Crippen MR) is 73.8 cm³/mol. The lowest BCUT2D eigenvalue weighted by Gasteiger charge is -2.24. The first-order valence-electron chi connectivity index (χ1n) is 6.11. The highest BCUT2D eigenvalue weighted by atomic mass is 19.1. The zero-order valence-corrected chi connectivity index (χ0v) is 10.5. The van der Waals surface area contributed by atoms with Crippen LogP contribution in [0.3, 0.4) is 0 Å². The molecule has 0 aromatic heterocycles. The molecule has 2 aromatic carbocycles. The topological polar surface area (TPSA) is 3.24 Å². The second-order valence-corrected chi connectivity index (χ2v) is 4.74. The van der Waals surface area contributed by atoms with Crippen LogP contribution in [-0.4, -0.2) is 7.05 Å². The van der Waals surface area contributed by atoms with E-state index in [-0.39, 0.29) is 11.6 Å². The van der Waals surface area contributed by atoms with Crippen molar-refractivity contribution in [3.63, 3.8) is 0 Å². The molecule has 3 rings (SSSR count). The molecule has 0 saturated heterocycles. The molecule has 96 valence electrons. The number of anilines is 1. The van der Waals surface area contributed by atoms with Gasteiger partial charge in [-0.25, -0.2) is 8.78 Å². The highest BCUT2D eigenvalue weighted by Crippen LogP contribution is 2.28. The number of fused-ring (bicyclic) bond motifs is 2. The molecule has 0 saturated carbocycles. The van der Waals surface area contributed by atoms with Gasteiger partial charge in [0.1, 0.15) is 11.6 Å². The standard InChI is InChI=1S/C16H13F2N/c1-19-10-13-8-14(17)6-4-11(13)2-3-12-5-7-15(18)9-16(12)19/h2-9H,10H2,1H3/b3-2-. The van der Waals surface area contributed by atoms with E-state index in [1.165, 1.54) is 24.3 Å². The SMILES string of the molecule is CN1Cc2cc(F)ccc2/C=C\c2ccc(F)cc21. The lowest BCUT2D eigenvalue weighted by atomic mass is 10.0. The van der Waals surface area contributed by atoms with Gasteiger partial charge in [-0.05, 0) is 47.0 Å². The fourth-order valence-corrected chi connectivity index (χ4v) is 2.38. The minimum atomic E-state index is -0.265. The van der Waals surface area contributed by atoms with Gasteiger partial charge in [0.25, 0.3) is 0 Å². The number of hydrogen-bond donors (Lipinski definition) is 0. The Labute approximate surface area is 110 Å². The van der Waals surface area contributed by atoms with Crippen LogP contribution in [0.5, 0.6) is 0 Å². The van der Waals surface area contributed by atoms with Crippen molar-refractivity contribution in [3.05, 3.63) is 64.7 Å². The normalized spacial score (nSPS) is 15.2. The third-order valence-electron chi connectivity index (χ3n) is 3.36. The quantitative estimate of drug-likeness (QED) is 0.687. The molecule has 0 aliphatic carbocycles. The Morgan fingerprint density at radius 2 is 1.53 bits per heavy atom. The molecule has 1 aliphatic heterocycles. The molecule has 0 radical (unpaired) electrons. The molecule has 0 spiro atoms. The van der Waals surface area contributed by atoms with Gasteiger partial charge >= 0.3 is 0 Å². The van der Waals surface area contributed by atoms with Crippen LogP contribution in [0.25, 0.3) is 12.2 Å². The second-order valence-electron chi connectivity index (χ2n) is 4.74. The lowest BCUT2D eigenvalue weighted by molar-refractivity contribution is 0.623. The van der Waals surface area contributed by atoms with Crippen LogP contribution in [0.1, 0.15) is 16.7 Å². The Kier molecular flexibility index (Phi) is 2.82. The molecule has 0 atom stereocenters. The third-order valence-corrected chi connectivity index (χ3v) is 3.36. The maximum absolute atomic E-state index is 13.4. The van der Waals surface area contributed by atoms with Crippen molar-refractivity contribution in [1.29, 1.82) is 0 Å². The van der Waals surface area contributed by atoms with E-state index in [2.05, 4.69) is 0 Å². The van der Waals surface area contributed by atoms with E-state index >= 15 is 0 Å². The van der Waals surface area contributed by atoms with E-state index < -0.39 is 0 Å². The molecular weight excluding hydrogens is 244 g/mol. The van der Waals surface area contributed by atoms with E-state index in [1.54, 1.807) is 12.1 Å². The van der Waals surface area contributed by atoms with Gasteiger partial charge in [0.2, 0.25) is 0 Å². The van der Waals surface area contributed by atoms with Crippen LogP contribution in [0.4, 0.5) is 14.5 Å². The van der Waals surface area contributed by atoms with Crippen LogP contribution in [0, 0.1) is 11.6 Å². The fraction of sp³-hybridized carbons (Fsp3) is 0.125. The van der Waals surface area contributed by atoms with Gasteiger partial charge in [0.05, 0.1) is 0 Å². The third kappa shape index (κ3) is 2.24. The molecule has 2 aromatic rings. The summed E-state index contributed by atoms with van der Waals surface area (Å²) >= 11 is 0. The maximum atomic E-state index is 13.4. The summed E-state index contributed by atoms with van der Waals surface area (Å²) in [5.74, 6) is -0.514. The monoisotopic (exact) mass is 257 g/mol. The molecular formula is C16H13F2N. The van der Waals surface area contributed by atoms with Crippen LogP contribution in [0.2, 0.25) is 0 Å². The second kappa shape index (κ2) is 4.50. The van der Waals surface area contributed by atoms with Crippen molar-refractivity contribution in [2.75, 3.05) is 11.9 Å². The number of halogens is 2. The van der Waals surface area contributed by atoms with E-state index in [1.807, 2.05) is 24.1 Å². The zero-order chi connectivity index (χ0) is 13.4. The molecule has 19 heavy (non-hydrogen) atoms. The van der Waals surface area contributed by atoms with Crippen LogP contribution < -0.4 is 4.90 Å². The Hall–Kier alpha value is -2.16. The summed E-state index contributed by atoms with van der Waals surface area (Å²) in [4.78, 5) is 1.93. The van der Waals surface area contributed by atoms with Crippen molar-refractivity contribution in [1.82, 2.24) is 0 Å². The van der Waals surface area contributed by atoms with E-state index in [0.29, 0.717) is 6.54 Å². The largest absolute Gasteiger partial charge is 0.370 e. The molecule has 1 heterocycles. The minimum absolute atomic E-state index is 0.249. The Morgan fingerprint density at radius 3 is 2.32 bits per heavy atom.